The van der Waals surface area contributed by atoms with Crippen molar-refractivity contribution >= 4 is 23.2 Å². The van der Waals surface area contributed by atoms with Gasteiger partial charge in [-0.2, -0.15) is 0 Å². The predicted octanol–water partition coefficient (Wildman–Crippen LogP) is 2.65. The highest BCUT2D eigenvalue weighted by Crippen LogP contribution is 2.19. The molecule has 0 radical (unpaired) electrons. The Kier molecular flexibility index (Phi) is 5.86. The monoisotopic (exact) mass is 361 g/mol. The third kappa shape index (κ3) is 4.69. The van der Waals surface area contributed by atoms with E-state index in [1.165, 1.54) is 11.1 Å². The molecule has 2 aromatic rings. The Hall–Kier alpha value is -2.15. The first kappa shape index (κ1) is 17.7. The Balaban J connectivity index is 1.44. The molecule has 25 heavy (non-hydrogen) atoms. The average Bonchev–Trinajstić information content (AvgIpc) is 3.30. The van der Waals surface area contributed by atoms with Gasteiger partial charge in [-0.1, -0.05) is 0 Å². The van der Waals surface area contributed by atoms with Crippen LogP contribution in [-0.2, 0) is 11.2 Å². The minimum atomic E-state index is -0.200. The van der Waals surface area contributed by atoms with E-state index in [-0.39, 0.29) is 11.8 Å². The minimum Gasteiger partial charge on any atom is -0.459 e. The molecule has 0 unspecified atom stereocenters. The van der Waals surface area contributed by atoms with Crippen LogP contribution >= 0.6 is 11.3 Å². The second-order valence-corrected chi connectivity index (χ2v) is 7.34. The van der Waals surface area contributed by atoms with Crippen molar-refractivity contribution in [3.8, 4) is 0 Å². The van der Waals surface area contributed by atoms with Crippen molar-refractivity contribution in [3.05, 3.63) is 40.2 Å². The van der Waals surface area contributed by atoms with E-state index in [0.717, 1.165) is 31.5 Å². The van der Waals surface area contributed by atoms with Crippen LogP contribution in [0, 0.1) is 12.8 Å². The van der Waals surface area contributed by atoms with Gasteiger partial charge in [-0.05, 0) is 44.2 Å². The molecular formula is C18H23N3O3S. The molecule has 3 heterocycles. The van der Waals surface area contributed by atoms with Crippen molar-refractivity contribution < 1.29 is 14.0 Å². The predicted molar refractivity (Wildman–Crippen MR) is 95.5 cm³/mol. The van der Waals surface area contributed by atoms with E-state index in [4.69, 9.17) is 4.42 Å². The summed E-state index contributed by atoms with van der Waals surface area (Å²) in [4.78, 5) is 31.8. The van der Waals surface area contributed by atoms with Crippen LogP contribution in [0.15, 0.2) is 28.3 Å². The Morgan fingerprint density at radius 2 is 2.36 bits per heavy atom. The standard InChI is InChI=1S/C18H23N3O3S/c1-13-16(25-12-20-13)6-7-17(22)21-8-2-4-14(11-21)10-19-18(23)15-5-3-9-24-15/h3,5,9,12,14H,2,4,6-8,10-11H2,1H3,(H,19,23)/t14-/m1/s1. The number of amides is 2. The van der Waals surface area contributed by atoms with Gasteiger partial charge in [-0.3, -0.25) is 9.59 Å². The van der Waals surface area contributed by atoms with Crippen molar-refractivity contribution in [2.75, 3.05) is 19.6 Å². The number of likely N-dealkylation sites (tertiary alicyclic amines) is 1. The maximum Gasteiger partial charge on any atom is 0.286 e. The molecular weight excluding hydrogens is 338 g/mol. The van der Waals surface area contributed by atoms with Gasteiger partial charge in [-0.15, -0.1) is 11.3 Å². The minimum absolute atomic E-state index is 0.190. The van der Waals surface area contributed by atoms with Gasteiger partial charge in [0.15, 0.2) is 5.76 Å². The maximum atomic E-state index is 12.5. The quantitative estimate of drug-likeness (QED) is 0.858. The van der Waals surface area contributed by atoms with E-state index in [2.05, 4.69) is 10.3 Å². The fourth-order valence-electron chi connectivity index (χ4n) is 3.13. The Bertz CT molecular complexity index is 711. The molecule has 3 rings (SSSR count). The van der Waals surface area contributed by atoms with E-state index in [0.29, 0.717) is 31.2 Å². The van der Waals surface area contributed by atoms with Crippen LogP contribution in [0.2, 0.25) is 0 Å². The average molecular weight is 361 g/mol. The number of hydrogen-bond donors (Lipinski definition) is 1. The van der Waals surface area contributed by atoms with Crippen LogP contribution in [0.3, 0.4) is 0 Å². The summed E-state index contributed by atoms with van der Waals surface area (Å²) in [6, 6.07) is 3.34. The second kappa shape index (κ2) is 8.29. The normalized spacial score (nSPS) is 17.5. The lowest BCUT2D eigenvalue weighted by atomic mass is 9.97. The molecule has 1 N–H and O–H groups in total. The summed E-state index contributed by atoms with van der Waals surface area (Å²) in [6.45, 7) is 4.06. The number of furan rings is 1. The summed E-state index contributed by atoms with van der Waals surface area (Å²) >= 11 is 1.61. The summed E-state index contributed by atoms with van der Waals surface area (Å²) in [7, 11) is 0. The van der Waals surface area contributed by atoms with Gasteiger partial charge >= 0.3 is 0 Å². The van der Waals surface area contributed by atoms with Crippen LogP contribution in [-0.4, -0.2) is 41.3 Å². The molecule has 0 bridgehead atoms. The van der Waals surface area contributed by atoms with Gasteiger partial charge in [0.25, 0.3) is 5.91 Å². The van der Waals surface area contributed by atoms with Gasteiger partial charge < -0.3 is 14.6 Å². The van der Waals surface area contributed by atoms with Crippen LogP contribution in [0.4, 0.5) is 0 Å². The third-order valence-corrected chi connectivity index (χ3v) is 5.57. The number of aromatic nitrogens is 1. The van der Waals surface area contributed by atoms with Crippen LogP contribution in [0.25, 0.3) is 0 Å². The van der Waals surface area contributed by atoms with Crippen molar-refractivity contribution in [2.45, 2.75) is 32.6 Å². The summed E-state index contributed by atoms with van der Waals surface area (Å²) in [5.41, 5.74) is 2.85. The van der Waals surface area contributed by atoms with Gasteiger partial charge in [-0.25, -0.2) is 4.98 Å². The van der Waals surface area contributed by atoms with E-state index >= 15 is 0 Å². The smallest absolute Gasteiger partial charge is 0.286 e. The lowest BCUT2D eigenvalue weighted by Gasteiger charge is -2.33. The number of carbonyl (C=O) groups is 2. The lowest BCUT2D eigenvalue weighted by molar-refractivity contribution is -0.132. The summed E-state index contributed by atoms with van der Waals surface area (Å²) in [5.74, 6) is 0.606. The van der Waals surface area contributed by atoms with Crippen molar-refractivity contribution in [3.63, 3.8) is 0 Å². The topological polar surface area (TPSA) is 75.4 Å². The number of thiazole rings is 1. The zero-order chi connectivity index (χ0) is 17.6. The molecule has 1 fully saturated rings. The summed E-state index contributed by atoms with van der Waals surface area (Å²) in [6.07, 6.45) is 4.77. The Labute approximate surface area is 151 Å². The highest BCUT2D eigenvalue weighted by molar-refractivity contribution is 7.09. The lowest BCUT2D eigenvalue weighted by Crippen LogP contribution is -2.43. The van der Waals surface area contributed by atoms with E-state index < -0.39 is 0 Å². The van der Waals surface area contributed by atoms with E-state index in [9.17, 15) is 9.59 Å². The highest BCUT2D eigenvalue weighted by Gasteiger charge is 2.24. The van der Waals surface area contributed by atoms with Crippen molar-refractivity contribution in [1.29, 1.82) is 0 Å². The molecule has 6 nitrogen and oxygen atoms in total. The van der Waals surface area contributed by atoms with Crippen molar-refractivity contribution in [2.24, 2.45) is 5.92 Å². The fraction of sp³-hybridized carbons (Fsp3) is 0.500. The first-order valence-electron chi connectivity index (χ1n) is 8.62. The molecule has 0 aliphatic carbocycles. The van der Waals surface area contributed by atoms with Gasteiger partial charge in [0.2, 0.25) is 5.91 Å². The number of rotatable bonds is 6. The number of nitrogens with zero attached hydrogens (tertiary/aromatic N) is 2. The Morgan fingerprint density at radius 1 is 1.48 bits per heavy atom. The molecule has 0 saturated carbocycles. The largest absolute Gasteiger partial charge is 0.459 e. The van der Waals surface area contributed by atoms with Crippen LogP contribution < -0.4 is 5.32 Å². The molecule has 1 saturated heterocycles. The molecule has 134 valence electrons. The number of nitrogens with one attached hydrogen (secondary N) is 1. The second-order valence-electron chi connectivity index (χ2n) is 6.40. The molecule has 7 heteroatoms. The number of aryl methyl sites for hydroxylation is 2. The molecule has 1 atom stereocenters. The highest BCUT2D eigenvalue weighted by atomic mass is 32.1. The summed E-state index contributed by atoms with van der Waals surface area (Å²) in [5, 5.41) is 2.90. The molecule has 1 aliphatic rings. The Morgan fingerprint density at radius 3 is 3.08 bits per heavy atom. The molecule has 0 spiro atoms. The van der Waals surface area contributed by atoms with E-state index in [1.807, 2.05) is 17.3 Å². The molecule has 0 aromatic carbocycles. The zero-order valence-corrected chi connectivity index (χ0v) is 15.2. The SMILES string of the molecule is Cc1ncsc1CCC(=O)N1CCC[C@H](CNC(=O)c2ccco2)C1. The van der Waals surface area contributed by atoms with Gasteiger partial charge in [0, 0.05) is 30.9 Å². The number of carbonyl (C=O) groups excluding carboxylic acids is 2. The summed E-state index contributed by atoms with van der Waals surface area (Å²) < 4.78 is 5.09. The third-order valence-electron chi connectivity index (χ3n) is 4.58. The molecule has 2 aromatic heterocycles. The first-order valence-corrected chi connectivity index (χ1v) is 9.50. The van der Waals surface area contributed by atoms with Crippen LogP contribution in [0.5, 0.6) is 0 Å². The van der Waals surface area contributed by atoms with Gasteiger partial charge in [0.05, 0.1) is 17.5 Å². The first-order chi connectivity index (χ1) is 12.1. The fourth-order valence-corrected chi connectivity index (χ4v) is 3.92. The van der Waals surface area contributed by atoms with Gasteiger partial charge in [0.1, 0.15) is 0 Å². The van der Waals surface area contributed by atoms with E-state index in [1.54, 1.807) is 23.5 Å². The zero-order valence-electron chi connectivity index (χ0n) is 14.4. The molecule has 1 aliphatic heterocycles. The number of hydrogen-bond acceptors (Lipinski definition) is 5. The molecule has 2 amide bonds. The number of piperidine rings is 1. The maximum absolute atomic E-state index is 12.5. The van der Waals surface area contributed by atoms with Crippen LogP contribution in [0.1, 0.15) is 40.4 Å². The van der Waals surface area contributed by atoms with Crippen molar-refractivity contribution in [1.82, 2.24) is 15.2 Å².